The van der Waals surface area contributed by atoms with Gasteiger partial charge < -0.3 is 10.6 Å². The Labute approximate surface area is 124 Å². The highest BCUT2D eigenvalue weighted by Crippen LogP contribution is 2.36. The lowest BCUT2D eigenvalue weighted by Gasteiger charge is -2.21. The fourth-order valence-corrected chi connectivity index (χ4v) is 3.10. The molecule has 0 bridgehead atoms. The number of hydrogen-bond acceptors (Lipinski definition) is 3. The zero-order chi connectivity index (χ0) is 14.2. The van der Waals surface area contributed by atoms with E-state index >= 15 is 0 Å². The summed E-state index contributed by atoms with van der Waals surface area (Å²) in [5.41, 5.74) is 9.42. The fourth-order valence-electron chi connectivity index (χ4n) is 3.10. The number of nitrogens with two attached hydrogens (primary N) is 1. The van der Waals surface area contributed by atoms with Gasteiger partial charge in [0.15, 0.2) is 0 Å². The molecule has 0 saturated carbocycles. The van der Waals surface area contributed by atoms with Crippen molar-refractivity contribution in [3.05, 3.63) is 65.9 Å². The van der Waals surface area contributed by atoms with Crippen molar-refractivity contribution in [2.24, 2.45) is 5.73 Å². The second-order valence-electron chi connectivity index (χ2n) is 5.39. The highest BCUT2D eigenvalue weighted by atomic mass is 15.2. The lowest BCUT2D eigenvalue weighted by Crippen LogP contribution is -2.16. The van der Waals surface area contributed by atoms with Crippen LogP contribution in [0.15, 0.2) is 54.6 Å². The average Bonchev–Trinajstić information content (AvgIpc) is 2.97. The molecule has 3 heteroatoms. The smallest absolute Gasteiger partial charge is 0.141 e. The van der Waals surface area contributed by atoms with Crippen LogP contribution in [0.5, 0.6) is 0 Å². The molecule has 1 aromatic heterocycles. The zero-order valence-corrected chi connectivity index (χ0v) is 11.8. The van der Waals surface area contributed by atoms with E-state index in [4.69, 9.17) is 10.7 Å². The van der Waals surface area contributed by atoms with Crippen LogP contribution in [0, 0.1) is 0 Å². The van der Waals surface area contributed by atoms with E-state index in [1.807, 2.05) is 0 Å². The van der Waals surface area contributed by atoms with Crippen LogP contribution < -0.4 is 10.6 Å². The van der Waals surface area contributed by atoms with Crippen molar-refractivity contribution in [3.8, 4) is 0 Å². The van der Waals surface area contributed by atoms with Gasteiger partial charge in [-0.15, -0.1) is 0 Å². The zero-order valence-electron chi connectivity index (χ0n) is 11.8. The molecule has 0 amide bonds. The minimum absolute atomic E-state index is 0.466. The molecule has 104 valence electrons. The van der Waals surface area contributed by atoms with E-state index in [1.54, 1.807) is 0 Å². The normalized spacial score (nSPS) is 13.7. The molecule has 3 nitrogen and oxygen atoms in total. The molecule has 21 heavy (non-hydrogen) atoms. The van der Waals surface area contributed by atoms with Gasteiger partial charge in [0.1, 0.15) is 5.82 Å². The van der Waals surface area contributed by atoms with Crippen LogP contribution in [0.1, 0.15) is 11.3 Å². The van der Waals surface area contributed by atoms with Gasteiger partial charge in [0.05, 0.1) is 5.69 Å². The predicted octanol–water partition coefficient (Wildman–Crippen LogP) is 3.39. The summed E-state index contributed by atoms with van der Waals surface area (Å²) in [6, 6.07) is 19.0. The van der Waals surface area contributed by atoms with E-state index in [2.05, 4.69) is 59.5 Å². The number of pyridine rings is 1. The maximum Gasteiger partial charge on any atom is 0.141 e. The first kappa shape index (κ1) is 12.4. The van der Waals surface area contributed by atoms with Crippen LogP contribution in [-0.4, -0.2) is 11.5 Å². The molecule has 3 aromatic rings. The van der Waals surface area contributed by atoms with Gasteiger partial charge >= 0.3 is 0 Å². The minimum Gasteiger partial charge on any atom is -0.325 e. The molecule has 0 fully saturated rings. The largest absolute Gasteiger partial charge is 0.325 e. The Hall–Kier alpha value is -2.39. The number of benzene rings is 2. The molecule has 0 saturated heterocycles. The Morgan fingerprint density at radius 1 is 1.05 bits per heavy atom. The molecule has 2 heterocycles. The molecule has 2 N–H and O–H groups in total. The summed E-state index contributed by atoms with van der Waals surface area (Å²) in [5, 5.41) is 2.39. The van der Waals surface area contributed by atoms with Gasteiger partial charge in [-0.3, -0.25) is 0 Å². The average molecular weight is 275 g/mol. The maximum atomic E-state index is 5.82. The van der Waals surface area contributed by atoms with Crippen molar-refractivity contribution in [3.63, 3.8) is 0 Å². The second kappa shape index (κ2) is 4.86. The monoisotopic (exact) mass is 275 g/mol. The molecule has 0 atom stereocenters. The number of para-hydroxylation sites is 1. The van der Waals surface area contributed by atoms with Crippen molar-refractivity contribution in [2.75, 3.05) is 11.4 Å². The number of fused-ring (bicyclic) bond motifs is 2. The van der Waals surface area contributed by atoms with E-state index in [1.165, 1.54) is 22.0 Å². The lowest BCUT2D eigenvalue weighted by atomic mass is 10.1. The summed E-state index contributed by atoms with van der Waals surface area (Å²) in [7, 11) is 0. The third kappa shape index (κ3) is 1.98. The Balaban J connectivity index is 1.95. The van der Waals surface area contributed by atoms with Crippen LogP contribution in [0.2, 0.25) is 0 Å². The Morgan fingerprint density at radius 2 is 1.86 bits per heavy atom. The van der Waals surface area contributed by atoms with Crippen LogP contribution in [0.4, 0.5) is 11.5 Å². The Morgan fingerprint density at radius 3 is 2.76 bits per heavy atom. The third-order valence-corrected chi connectivity index (χ3v) is 4.13. The molecule has 0 aliphatic carbocycles. The molecule has 1 aliphatic heterocycles. The lowest BCUT2D eigenvalue weighted by molar-refractivity contribution is 0.944. The minimum atomic E-state index is 0.466. The van der Waals surface area contributed by atoms with Gasteiger partial charge in [0.2, 0.25) is 0 Å². The third-order valence-electron chi connectivity index (χ3n) is 4.13. The number of hydrogen-bond donors (Lipinski definition) is 1. The first-order valence-corrected chi connectivity index (χ1v) is 7.31. The first-order valence-electron chi connectivity index (χ1n) is 7.31. The molecule has 2 aromatic carbocycles. The maximum absolute atomic E-state index is 5.82. The van der Waals surface area contributed by atoms with E-state index in [0.717, 1.165) is 24.5 Å². The fraction of sp³-hybridized carbons (Fsp3) is 0.167. The molecule has 0 radical (unpaired) electrons. The van der Waals surface area contributed by atoms with Crippen LogP contribution >= 0.6 is 0 Å². The quantitative estimate of drug-likeness (QED) is 0.779. The molecule has 1 aliphatic rings. The Bertz CT molecular complexity index is 810. The highest BCUT2D eigenvalue weighted by Gasteiger charge is 2.22. The van der Waals surface area contributed by atoms with Gasteiger partial charge in [-0.25, -0.2) is 4.98 Å². The number of aromatic nitrogens is 1. The predicted molar refractivity (Wildman–Crippen MR) is 86.8 cm³/mol. The van der Waals surface area contributed by atoms with Crippen LogP contribution in [0.25, 0.3) is 10.8 Å². The van der Waals surface area contributed by atoms with Gasteiger partial charge in [-0.2, -0.15) is 0 Å². The van der Waals surface area contributed by atoms with E-state index < -0.39 is 0 Å². The summed E-state index contributed by atoms with van der Waals surface area (Å²) >= 11 is 0. The number of rotatable bonds is 2. The summed E-state index contributed by atoms with van der Waals surface area (Å²) in [4.78, 5) is 7.12. The molecular weight excluding hydrogens is 258 g/mol. The van der Waals surface area contributed by atoms with E-state index in [9.17, 15) is 0 Å². The summed E-state index contributed by atoms with van der Waals surface area (Å²) in [5.74, 6) is 1.03. The standard InChI is InChI=1S/C18H17N3/c19-12-15-11-14-6-1-3-7-16(14)18(20-15)21-10-9-13-5-2-4-8-17(13)21/h1-8,11H,9-10,12,19H2. The van der Waals surface area contributed by atoms with Crippen LogP contribution in [-0.2, 0) is 13.0 Å². The summed E-state index contributed by atoms with van der Waals surface area (Å²) in [6.45, 7) is 1.44. The Kier molecular flexibility index (Phi) is 2.86. The van der Waals surface area contributed by atoms with Gasteiger partial charge in [0.25, 0.3) is 0 Å². The van der Waals surface area contributed by atoms with Crippen molar-refractivity contribution >= 4 is 22.3 Å². The molecular formula is C18H17N3. The first-order chi connectivity index (χ1) is 10.4. The van der Waals surface area contributed by atoms with Crippen LogP contribution in [0.3, 0.4) is 0 Å². The molecule has 4 rings (SSSR count). The van der Waals surface area contributed by atoms with Gasteiger partial charge in [-0.05, 0) is 29.5 Å². The van der Waals surface area contributed by atoms with Gasteiger partial charge in [-0.1, -0.05) is 42.5 Å². The van der Waals surface area contributed by atoms with E-state index in [-0.39, 0.29) is 0 Å². The second-order valence-corrected chi connectivity index (χ2v) is 5.39. The van der Waals surface area contributed by atoms with E-state index in [0.29, 0.717) is 6.54 Å². The SMILES string of the molecule is NCc1cc2ccccc2c(N2CCc3ccccc32)n1. The van der Waals surface area contributed by atoms with Gasteiger partial charge in [0, 0.05) is 24.2 Å². The summed E-state index contributed by atoms with van der Waals surface area (Å²) < 4.78 is 0. The van der Waals surface area contributed by atoms with Crippen molar-refractivity contribution < 1.29 is 0 Å². The van der Waals surface area contributed by atoms with Crippen molar-refractivity contribution in [2.45, 2.75) is 13.0 Å². The number of nitrogens with zero attached hydrogens (tertiary/aromatic N) is 2. The molecule has 0 spiro atoms. The topological polar surface area (TPSA) is 42.1 Å². The van der Waals surface area contributed by atoms with Crippen molar-refractivity contribution in [1.29, 1.82) is 0 Å². The van der Waals surface area contributed by atoms with Crippen molar-refractivity contribution in [1.82, 2.24) is 4.98 Å². The number of anilines is 2. The highest BCUT2D eigenvalue weighted by molar-refractivity contribution is 5.95. The summed E-state index contributed by atoms with van der Waals surface area (Å²) in [6.07, 6.45) is 1.07. The molecule has 0 unspecified atom stereocenters.